The number of allylic oxidation sites excluding steroid dienone is 4. The fourth-order valence-electron chi connectivity index (χ4n) is 2.17. The fraction of sp³-hybridized carbons (Fsp3) is 0.125. The van der Waals surface area contributed by atoms with Crippen LogP contribution in [0.5, 0.6) is 0 Å². The van der Waals surface area contributed by atoms with Crippen molar-refractivity contribution in [2.45, 2.75) is 12.8 Å². The number of anilines is 1. The predicted octanol–water partition coefficient (Wildman–Crippen LogP) is 3.46. The Hall–Kier alpha value is -2.42. The van der Waals surface area contributed by atoms with Gasteiger partial charge in [0.1, 0.15) is 0 Å². The number of rotatable bonds is 2. The van der Waals surface area contributed by atoms with Gasteiger partial charge >= 0.3 is 0 Å². The van der Waals surface area contributed by atoms with E-state index in [1.54, 1.807) is 0 Å². The molecule has 3 nitrogen and oxygen atoms in total. The number of nitrogens with zero attached hydrogens (tertiary/aromatic N) is 2. The second-order valence-corrected chi connectivity index (χ2v) is 4.50. The second kappa shape index (κ2) is 5.06. The van der Waals surface area contributed by atoms with Gasteiger partial charge in [-0.05, 0) is 24.5 Å². The molecule has 0 saturated heterocycles. The van der Waals surface area contributed by atoms with E-state index in [-0.39, 0.29) is 0 Å². The van der Waals surface area contributed by atoms with Gasteiger partial charge in [0.05, 0.1) is 11.4 Å². The topological polar surface area (TPSA) is 51.8 Å². The van der Waals surface area contributed by atoms with Gasteiger partial charge in [-0.2, -0.15) is 0 Å². The lowest BCUT2D eigenvalue weighted by atomic mass is 10.0. The first-order valence-electron chi connectivity index (χ1n) is 6.40. The number of benzene rings is 1. The van der Waals surface area contributed by atoms with Crippen LogP contribution in [0, 0.1) is 0 Å². The highest BCUT2D eigenvalue weighted by atomic mass is 15.0. The van der Waals surface area contributed by atoms with Crippen LogP contribution in [0.25, 0.3) is 16.8 Å². The average molecular weight is 249 g/mol. The highest BCUT2D eigenvalue weighted by Crippen LogP contribution is 2.24. The molecule has 0 atom stereocenters. The fourth-order valence-corrected chi connectivity index (χ4v) is 2.17. The molecule has 2 N–H and O–H groups in total. The van der Waals surface area contributed by atoms with E-state index in [2.05, 4.69) is 28.2 Å². The van der Waals surface area contributed by atoms with Crippen molar-refractivity contribution < 1.29 is 0 Å². The molecule has 1 aliphatic rings. The molecule has 19 heavy (non-hydrogen) atoms. The molecule has 0 saturated carbocycles. The quantitative estimate of drug-likeness (QED) is 0.886. The van der Waals surface area contributed by atoms with Gasteiger partial charge in [-0.15, -0.1) is 0 Å². The third kappa shape index (κ3) is 2.55. The molecule has 0 fully saturated rings. The summed E-state index contributed by atoms with van der Waals surface area (Å²) >= 11 is 0. The molecule has 1 aliphatic carbocycles. The molecule has 1 aromatic heterocycles. The van der Waals surface area contributed by atoms with Crippen molar-refractivity contribution in [1.29, 1.82) is 0 Å². The Morgan fingerprint density at radius 2 is 1.74 bits per heavy atom. The lowest BCUT2D eigenvalue weighted by Crippen LogP contribution is -2.01. The maximum atomic E-state index is 5.83. The van der Waals surface area contributed by atoms with Crippen LogP contribution in [-0.4, -0.2) is 9.97 Å². The smallest absolute Gasteiger partial charge is 0.221 e. The molecule has 0 radical (unpaired) electrons. The van der Waals surface area contributed by atoms with Gasteiger partial charge in [0.2, 0.25) is 5.95 Å². The van der Waals surface area contributed by atoms with Gasteiger partial charge in [-0.25, -0.2) is 9.97 Å². The van der Waals surface area contributed by atoms with E-state index < -0.39 is 0 Å². The van der Waals surface area contributed by atoms with Crippen LogP contribution in [0.1, 0.15) is 18.5 Å². The Balaban J connectivity index is 2.06. The molecule has 1 aromatic carbocycles. The Kier molecular flexibility index (Phi) is 3.11. The Labute approximate surface area is 112 Å². The Morgan fingerprint density at radius 1 is 0.947 bits per heavy atom. The monoisotopic (exact) mass is 249 g/mol. The Bertz CT molecular complexity index is 642. The molecule has 0 spiro atoms. The Morgan fingerprint density at radius 3 is 2.47 bits per heavy atom. The summed E-state index contributed by atoms with van der Waals surface area (Å²) in [5.41, 5.74) is 9.76. The number of nitrogens with two attached hydrogens (primary N) is 1. The van der Waals surface area contributed by atoms with E-state index in [1.165, 1.54) is 0 Å². The molecular formula is C16H15N3. The van der Waals surface area contributed by atoms with Crippen LogP contribution in [0.3, 0.4) is 0 Å². The van der Waals surface area contributed by atoms with Crippen molar-refractivity contribution in [2.75, 3.05) is 5.73 Å². The lowest BCUT2D eigenvalue weighted by Gasteiger charge is -2.09. The third-order valence-electron chi connectivity index (χ3n) is 3.10. The highest BCUT2D eigenvalue weighted by molar-refractivity contribution is 5.75. The number of nitrogen functional groups attached to an aromatic ring is 1. The molecule has 0 amide bonds. The SMILES string of the molecule is Nc1nc(C2=CCCC=C2)cc(-c2ccccc2)n1. The minimum absolute atomic E-state index is 0.316. The van der Waals surface area contributed by atoms with Crippen molar-refractivity contribution in [2.24, 2.45) is 0 Å². The zero-order valence-electron chi connectivity index (χ0n) is 10.6. The molecular weight excluding hydrogens is 234 g/mol. The van der Waals surface area contributed by atoms with Crippen molar-refractivity contribution >= 4 is 11.5 Å². The summed E-state index contributed by atoms with van der Waals surface area (Å²) in [6.07, 6.45) is 8.60. The number of aromatic nitrogens is 2. The minimum atomic E-state index is 0.316. The van der Waals surface area contributed by atoms with Gasteiger partial charge in [0, 0.05) is 5.56 Å². The maximum absolute atomic E-state index is 5.83. The first-order valence-corrected chi connectivity index (χ1v) is 6.40. The molecule has 3 heteroatoms. The van der Waals surface area contributed by atoms with Crippen LogP contribution >= 0.6 is 0 Å². The summed E-state index contributed by atoms with van der Waals surface area (Å²) < 4.78 is 0. The van der Waals surface area contributed by atoms with E-state index in [1.807, 2.05) is 36.4 Å². The van der Waals surface area contributed by atoms with Crippen LogP contribution in [-0.2, 0) is 0 Å². The van der Waals surface area contributed by atoms with Gasteiger partial charge < -0.3 is 5.73 Å². The molecule has 2 aromatic rings. The maximum Gasteiger partial charge on any atom is 0.221 e. The molecule has 0 unspecified atom stereocenters. The van der Waals surface area contributed by atoms with E-state index in [0.717, 1.165) is 35.4 Å². The van der Waals surface area contributed by atoms with Crippen LogP contribution in [0.2, 0.25) is 0 Å². The summed E-state index contributed by atoms with van der Waals surface area (Å²) in [5.74, 6) is 0.316. The van der Waals surface area contributed by atoms with Crippen molar-refractivity contribution in [3.63, 3.8) is 0 Å². The summed E-state index contributed by atoms with van der Waals surface area (Å²) in [5, 5.41) is 0. The molecule has 3 rings (SSSR count). The zero-order chi connectivity index (χ0) is 13.1. The standard InChI is InChI=1S/C16H15N3/c17-16-18-14(12-7-3-1-4-8-12)11-15(19-16)13-9-5-2-6-10-13/h1,3-5,7-11H,2,6H2,(H2,17,18,19). The van der Waals surface area contributed by atoms with Gasteiger partial charge in [0.15, 0.2) is 0 Å². The molecule has 0 aliphatic heterocycles. The van der Waals surface area contributed by atoms with Gasteiger partial charge in [-0.1, -0.05) is 48.6 Å². The first kappa shape index (κ1) is 11.7. The lowest BCUT2D eigenvalue weighted by molar-refractivity contribution is 1.03. The van der Waals surface area contributed by atoms with Crippen molar-refractivity contribution in [3.05, 3.63) is 60.3 Å². The van der Waals surface area contributed by atoms with E-state index >= 15 is 0 Å². The highest BCUT2D eigenvalue weighted by Gasteiger charge is 2.08. The van der Waals surface area contributed by atoms with Crippen molar-refractivity contribution in [1.82, 2.24) is 9.97 Å². The summed E-state index contributed by atoms with van der Waals surface area (Å²) in [6, 6.07) is 12.0. The minimum Gasteiger partial charge on any atom is -0.368 e. The predicted molar refractivity (Wildman–Crippen MR) is 78.2 cm³/mol. The largest absolute Gasteiger partial charge is 0.368 e. The normalized spacial score (nSPS) is 14.2. The van der Waals surface area contributed by atoms with Gasteiger partial charge in [0.25, 0.3) is 0 Å². The molecule has 94 valence electrons. The van der Waals surface area contributed by atoms with E-state index in [0.29, 0.717) is 5.95 Å². The third-order valence-corrected chi connectivity index (χ3v) is 3.10. The van der Waals surface area contributed by atoms with Crippen molar-refractivity contribution in [3.8, 4) is 11.3 Å². The van der Waals surface area contributed by atoms with Crippen LogP contribution in [0.15, 0.2) is 54.6 Å². The van der Waals surface area contributed by atoms with E-state index in [9.17, 15) is 0 Å². The molecule has 0 bridgehead atoms. The van der Waals surface area contributed by atoms with Gasteiger partial charge in [-0.3, -0.25) is 0 Å². The van der Waals surface area contributed by atoms with E-state index in [4.69, 9.17) is 5.73 Å². The summed E-state index contributed by atoms with van der Waals surface area (Å²) in [7, 11) is 0. The summed E-state index contributed by atoms with van der Waals surface area (Å²) in [6.45, 7) is 0. The number of hydrogen-bond acceptors (Lipinski definition) is 3. The average Bonchev–Trinajstić information content (AvgIpc) is 2.48. The number of hydrogen-bond donors (Lipinski definition) is 1. The molecule has 1 heterocycles. The van der Waals surface area contributed by atoms with Crippen LogP contribution in [0.4, 0.5) is 5.95 Å². The first-order chi connectivity index (χ1) is 9.33. The second-order valence-electron chi connectivity index (χ2n) is 4.50. The van der Waals surface area contributed by atoms with Crippen LogP contribution < -0.4 is 5.73 Å². The zero-order valence-corrected chi connectivity index (χ0v) is 10.6. The summed E-state index contributed by atoms with van der Waals surface area (Å²) in [4.78, 5) is 8.64.